The number of imide groups is 1. The average Bonchev–Trinajstić information content (AvgIpc) is 3.04. The number of hydrogen-bond donors (Lipinski definition) is 2. The summed E-state index contributed by atoms with van der Waals surface area (Å²) < 4.78 is 0. The molecule has 2 rings (SSSR count). The second kappa shape index (κ2) is 11.5. The van der Waals surface area contributed by atoms with Gasteiger partial charge in [0.15, 0.2) is 0 Å². The van der Waals surface area contributed by atoms with E-state index in [1.807, 2.05) is 30.3 Å². The maximum Gasteiger partial charge on any atom is 0.253 e. The molecule has 1 heterocycles. The molecule has 2 N–H and O–H groups in total. The molecule has 154 valence electrons. The minimum atomic E-state index is -0.646. The van der Waals surface area contributed by atoms with E-state index >= 15 is 0 Å². The molecule has 0 unspecified atom stereocenters. The largest absolute Gasteiger partial charge is 0.347 e. The molecule has 29 heavy (non-hydrogen) atoms. The second-order valence-electron chi connectivity index (χ2n) is 6.75. The van der Waals surface area contributed by atoms with Crippen molar-refractivity contribution in [2.45, 2.75) is 38.1 Å². The Hall–Kier alpha value is -3.29. The summed E-state index contributed by atoms with van der Waals surface area (Å²) in [5, 5.41) is 5.12. The normalized spacial score (nSPS) is 14.0. The Morgan fingerprint density at radius 1 is 0.966 bits per heavy atom. The summed E-state index contributed by atoms with van der Waals surface area (Å²) in [4.78, 5) is 58.9. The highest BCUT2D eigenvalue weighted by Gasteiger charge is 2.22. The molecule has 0 bridgehead atoms. The molecule has 1 aliphatic rings. The van der Waals surface area contributed by atoms with Crippen LogP contribution in [0.4, 0.5) is 0 Å². The molecule has 1 aromatic rings. The van der Waals surface area contributed by atoms with Crippen molar-refractivity contribution in [1.29, 1.82) is 0 Å². The van der Waals surface area contributed by atoms with E-state index in [2.05, 4.69) is 10.6 Å². The third-order valence-corrected chi connectivity index (χ3v) is 4.44. The van der Waals surface area contributed by atoms with Crippen LogP contribution in [0.5, 0.6) is 0 Å². The number of carbonyl (C=O) groups is 5. The van der Waals surface area contributed by atoms with Crippen LogP contribution in [0.2, 0.25) is 0 Å². The van der Waals surface area contributed by atoms with Gasteiger partial charge in [-0.15, -0.1) is 0 Å². The third kappa shape index (κ3) is 7.69. The van der Waals surface area contributed by atoms with Crippen LogP contribution in [0.3, 0.4) is 0 Å². The molecule has 4 amide bonds. The van der Waals surface area contributed by atoms with Gasteiger partial charge in [-0.2, -0.15) is 0 Å². The molecule has 1 aromatic carbocycles. The zero-order valence-electron chi connectivity index (χ0n) is 16.1. The Balaban J connectivity index is 1.57. The van der Waals surface area contributed by atoms with E-state index in [0.29, 0.717) is 38.5 Å². The number of hydrogen-bond acceptors (Lipinski definition) is 5. The predicted molar refractivity (Wildman–Crippen MR) is 105 cm³/mol. The van der Waals surface area contributed by atoms with Crippen molar-refractivity contribution in [3.8, 4) is 0 Å². The molecule has 8 heteroatoms. The van der Waals surface area contributed by atoms with Gasteiger partial charge in [0.2, 0.25) is 11.8 Å². The fraction of sp³-hybridized carbons (Fsp3) is 0.381. The highest BCUT2D eigenvalue weighted by Crippen LogP contribution is 2.07. The Kier molecular flexibility index (Phi) is 8.75. The SMILES string of the molecule is O=C[C@H](Cc1ccccc1)NC(=O)CNC(=O)CCCCCN1C(=O)C=CC1=O. The van der Waals surface area contributed by atoms with Crippen molar-refractivity contribution >= 4 is 29.9 Å². The summed E-state index contributed by atoms with van der Waals surface area (Å²) in [7, 11) is 0. The van der Waals surface area contributed by atoms with Crippen molar-refractivity contribution < 1.29 is 24.0 Å². The van der Waals surface area contributed by atoms with Crippen molar-refractivity contribution in [2.75, 3.05) is 13.1 Å². The van der Waals surface area contributed by atoms with Gasteiger partial charge in [0.1, 0.15) is 6.29 Å². The number of rotatable bonds is 12. The zero-order chi connectivity index (χ0) is 21.1. The molecule has 1 aliphatic heterocycles. The summed E-state index contributed by atoms with van der Waals surface area (Å²) in [5.41, 5.74) is 0.932. The number of benzene rings is 1. The Bertz CT molecular complexity index is 758. The van der Waals surface area contributed by atoms with E-state index in [1.54, 1.807) is 0 Å². The van der Waals surface area contributed by atoms with E-state index in [4.69, 9.17) is 0 Å². The fourth-order valence-corrected chi connectivity index (χ4v) is 2.91. The van der Waals surface area contributed by atoms with Gasteiger partial charge in [-0.25, -0.2) is 0 Å². The Labute approximate surface area is 169 Å². The van der Waals surface area contributed by atoms with Crippen LogP contribution in [0.15, 0.2) is 42.5 Å². The first kappa shape index (κ1) is 22.0. The zero-order valence-corrected chi connectivity index (χ0v) is 16.1. The van der Waals surface area contributed by atoms with Crippen LogP contribution in [-0.2, 0) is 30.4 Å². The quantitative estimate of drug-likeness (QED) is 0.302. The smallest absolute Gasteiger partial charge is 0.253 e. The Morgan fingerprint density at radius 3 is 2.31 bits per heavy atom. The third-order valence-electron chi connectivity index (χ3n) is 4.44. The lowest BCUT2D eigenvalue weighted by molar-refractivity contribution is -0.137. The van der Waals surface area contributed by atoms with Crippen LogP contribution in [0.25, 0.3) is 0 Å². The molecule has 0 saturated carbocycles. The van der Waals surface area contributed by atoms with E-state index in [0.717, 1.165) is 5.56 Å². The van der Waals surface area contributed by atoms with E-state index < -0.39 is 11.9 Å². The van der Waals surface area contributed by atoms with Gasteiger partial charge in [-0.1, -0.05) is 36.8 Å². The van der Waals surface area contributed by atoms with E-state index in [1.165, 1.54) is 17.1 Å². The van der Waals surface area contributed by atoms with E-state index in [-0.39, 0.29) is 30.7 Å². The highest BCUT2D eigenvalue weighted by atomic mass is 16.2. The summed E-state index contributed by atoms with van der Waals surface area (Å²) in [6.07, 6.45) is 5.69. The monoisotopic (exact) mass is 399 g/mol. The molecule has 0 aromatic heterocycles. The van der Waals surface area contributed by atoms with Crippen molar-refractivity contribution in [2.24, 2.45) is 0 Å². The molecule has 0 radical (unpaired) electrons. The summed E-state index contributed by atoms with van der Waals surface area (Å²) >= 11 is 0. The van der Waals surface area contributed by atoms with Gasteiger partial charge in [0.05, 0.1) is 12.6 Å². The molecule has 8 nitrogen and oxygen atoms in total. The maximum absolute atomic E-state index is 11.9. The molecule has 0 fully saturated rings. The van der Waals surface area contributed by atoms with Crippen molar-refractivity contribution in [3.63, 3.8) is 0 Å². The summed E-state index contributed by atoms with van der Waals surface area (Å²) in [5.74, 6) is -1.30. The topological polar surface area (TPSA) is 113 Å². The molecular weight excluding hydrogens is 374 g/mol. The minimum absolute atomic E-state index is 0.194. The first-order valence-corrected chi connectivity index (χ1v) is 9.58. The lowest BCUT2D eigenvalue weighted by Crippen LogP contribution is -2.43. The van der Waals surface area contributed by atoms with Crippen molar-refractivity contribution in [3.05, 3.63) is 48.0 Å². The minimum Gasteiger partial charge on any atom is -0.347 e. The van der Waals surface area contributed by atoms with Gasteiger partial charge in [-0.3, -0.25) is 24.1 Å². The van der Waals surface area contributed by atoms with Gasteiger partial charge in [0.25, 0.3) is 11.8 Å². The average molecular weight is 399 g/mol. The first-order valence-electron chi connectivity index (χ1n) is 9.58. The lowest BCUT2D eigenvalue weighted by atomic mass is 10.1. The number of unbranched alkanes of at least 4 members (excludes halogenated alkanes) is 2. The number of carbonyl (C=O) groups excluding carboxylic acids is 5. The van der Waals surface area contributed by atoms with Crippen LogP contribution >= 0.6 is 0 Å². The van der Waals surface area contributed by atoms with Crippen molar-refractivity contribution in [1.82, 2.24) is 15.5 Å². The maximum atomic E-state index is 11.9. The molecule has 0 saturated heterocycles. The first-order chi connectivity index (χ1) is 14.0. The van der Waals surface area contributed by atoms with Gasteiger partial charge in [-0.05, 0) is 24.8 Å². The number of aldehydes is 1. The second-order valence-corrected chi connectivity index (χ2v) is 6.75. The number of nitrogens with zero attached hydrogens (tertiary/aromatic N) is 1. The summed E-state index contributed by atoms with van der Waals surface area (Å²) in [6, 6.07) is 8.68. The van der Waals surface area contributed by atoms with Gasteiger partial charge in [0, 0.05) is 25.1 Å². The van der Waals surface area contributed by atoms with Crippen LogP contribution in [0, 0.1) is 0 Å². The standard InChI is InChI=1S/C21H25N3O5/c25-15-17(13-16-7-3-1-4-8-16)23-19(27)14-22-18(26)9-5-2-6-12-24-20(28)10-11-21(24)29/h1,3-4,7-8,10-11,15,17H,2,5-6,9,12-14H2,(H,22,26)(H,23,27)/t17-/m0/s1. The molecule has 0 aliphatic carbocycles. The van der Waals surface area contributed by atoms with Crippen LogP contribution < -0.4 is 10.6 Å². The molecule has 1 atom stereocenters. The van der Waals surface area contributed by atoms with Gasteiger partial charge >= 0.3 is 0 Å². The fourth-order valence-electron chi connectivity index (χ4n) is 2.91. The molecule has 0 spiro atoms. The Morgan fingerprint density at radius 2 is 1.66 bits per heavy atom. The number of amides is 4. The van der Waals surface area contributed by atoms with Crippen LogP contribution in [-0.4, -0.2) is 53.9 Å². The summed E-state index contributed by atoms with van der Waals surface area (Å²) in [6.45, 7) is 0.142. The van der Waals surface area contributed by atoms with Crippen LogP contribution in [0.1, 0.15) is 31.2 Å². The predicted octanol–water partition coefficient (Wildman–Crippen LogP) is 0.514. The lowest BCUT2D eigenvalue weighted by Gasteiger charge is -2.14. The number of nitrogens with one attached hydrogen (secondary N) is 2. The van der Waals surface area contributed by atoms with E-state index in [9.17, 15) is 24.0 Å². The molecular formula is C21H25N3O5. The van der Waals surface area contributed by atoms with Gasteiger partial charge < -0.3 is 15.4 Å². The highest BCUT2D eigenvalue weighted by molar-refractivity contribution is 6.12.